The van der Waals surface area contributed by atoms with Crippen molar-refractivity contribution in [3.8, 4) is 10.6 Å². The first-order valence-corrected chi connectivity index (χ1v) is 12.5. The van der Waals surface area contributed by atoms with E-state index in [0.717, 1.165) is 16.1 Å². The maximum atomic E-state index is 13.0. The van der Waals surface area contributed by atoms with Crippen molar-refractivity contribution in [2.75, 3.05) is 10.0 Å². The number of nitrogens with one attached hydrogen (secondary N) is 2. The van der Waals surface area contributed by atoms with Crippen LogP contribution < -0.4 is 10.0 Å². The van der Waals surface area contributed by atoms with E-state index in [1.165, 1.54) is 17.4 Å². The number of sulfonamides is 1. The van der Waals surface area contributed by atoms with E-state index >= 15 is 0 Å². The van der Waals surface area contributed by atoms with Crippen LogP contribution in [0, 0.1) is 13.8 Å². The molecule has 4 rings (SSSR count). The SMILES string of the molecule is Cc1cccc(NS(=O)(=O)c2cc(NC(=O)Cc3csc(-c4cccnc4)n3)ccc2C)c1. The second-order valence-corrected chi connectivity index (χ2v) is 10.1. The molecular formula is C24H22N4O3S2. The fourth-order valence-electron chi connectivity index (χ4n) is 3.27. The third kappa shape index (κ3) is 5.63. The minimum Gasteiger partial charge on any atom is -0.326 e. The van der Waals surface area contributed by atoms with Crippen molar-refractivity contribution >= 4 is 38.6 Å². The summed E-state index contributed by atoms with van der Waals surface area (Å²) in [5.74, 6) is -0.281. The Hall–Kier alpha value is -3.56. The summed E-state index contributed by atoms with van der Waals surface area (Å²) < 4.78 is 28.5. The van der Waals surface area contributed by atoms with Crippen molar-refractivity contribution in [3.63, 3.8) is 0 Å². The topological polar surface area (TPSA) is 101 Å². The highest BCUT2D eigenvalue weighted by atomic mass is 32.2. The lowest BCUT2D eigenvalue weighted by molar-refractivity contribution is -0.115. The number of aryl methyl sites for hydroxylation is 2. The summed E-state index contributed by atoms with van der Waals surface area (Å²) in [6, 6.07) is 15.7. The molecule has 7 nitrogen and oxygen atoms in total. The average Bonchev–Trinajstić information content (AvgIpc) is 3.23. The second kappa shape index (κ2) is 9.51. The molecule has 0 aliphatic heterocycles. The van der Waals surface area contributed by atoms with Gasteiger partial charge in [-0.15, -0.1) is 11.3 Å². The lowest BCUT2D eigenvalue weighted by Crippen LogP contribution is -2.17. The first-order valence-electron chi connectivity index (χ1n) is 10.1. The van der Waals surface area contributed by atoms with Gasteiger partial charge in [-0.05, 0) is 61.4 Å². The first-order chi connectivity index (χ1) is 15.8. The number of aromatic nitrogens is 2. The van der Waals surface area contributed by atoms with Crippen molar-refractivity contribution in [3.05, 3.63) is 89.2 Å². The minimum absolute atomic E-state index is 0.0776. The number of benzene rings is 2. The summed E-state index contributed by atoms with van der Waals surface area (Å²) in [6.07, 6.45) is 3.49. The van der Waals surface area contributed by atoms with Crippen LogP contribution in [0.1, 0.15) is 16.8 Å². The molecule has 4 aromatic rings. The summed E-state index contributed by atoms with van der Waals surface area (Å²) in [5, 5.41) is 5.39. The molecule has 0 saturated heterocycles. The van der Waals surface area contributed by atoms with E-state index in [4.69, 9.17) is 0 Å². The van der Waals surface area contributed by atoms with Gasteiger partial charge in [0, 0.05) is 34.7 Å². The Kier molecular flexibility index (Phi) is 6.52. The molecule has 168 valence electrons. The lowest BCUT2D eigenvalue weighted by Gasteiger charge is -2.13. The number of anilines is 2. The van der Waals surface area contributed by atoms with Crippen molar-refractivity contribution in [2.45, 2.75) is 25.2 Å². The molecular weight excluding hydrogens is 456 g/mol. The Bertz CT molecular complexity index is 1400. The molecule has 0 bridgehead atoms. The number of hydrogen-bond donors (Lipinski definition) is 2. The molecule has 2 heterocycles. The van der Waals surface area contributed by atoms with Gasteiger partial charge in [0.15, 0.2) is 0 Å². The van der Waals surface area contributed by atoms with Crippen LogP contribution in [-0.4, -0.2) is 24.3 Å². The monoisotopic (exact) mass is 478 g/mol. The van der Waals surface area contributed by atoms with Crippen molar-refractivity contribution < 1.29 is 13.2 Å². The van der Waals surface area contributed by atoms with Gasteiger partial charge in [-0.25, -0.2) is 13.4 Å². The molecule has 0 aliphatic carbocycles. The number of rotatable bonds is 7. The second-order valence-electron chi connectivity index (χ2n) is 7.57. The zero-order valence-electron chi connectivity index (χ0n) is 18.1. The number of carbonyl (C=O) groups excluding carboxylic acids is 1. The van der Waals surface area contributed by atoms with Gasteiger partial charge in [0.1, 0.15) is 5.01 Å². The molecule has 0 radical (unpaired) electrons. The van der Waals surface area contributed by atoms with Gasteiger partial charge in [0.25, 0.3) is 10.0 Å². The zero-order valence-corrected chi connectivity index (χ0v) is 19.7. The molecule has 0 spiro atoms. The van der Waals surface area contributed by atoms with Gasteiger partial charge < -0.3 is 5.32 Å². The Morgan fingerprint density at radius 3 is 2.64 bits per heavy atom. The van der Waals surface area contributed by atoms with Crippen LogP contribution in [0.2, 0.25) is 0 Å². The van der Waals surface area contributed by atoms with E-state index in [9.17, 15) is 13.2 Å². The zero-order chi connectivity index (χ0) is 23.4. The van der Waals surface area contributed by atoms with Crippen molar-refractivity contribution in [1.29, 1.82) is 0 Å². The highest BCUT2D eigenvalue weighted by Crippen LogP contribution is 2.25. The molecule has 0 saturated carbocycles. The number of carbonyl (C=O) groups is 1. The van der Waals surface area contributed by atoms with E-state index in [1.54, 1.807) is 49.6 Å². The summed E-state index contributed by atoms with van der Waals surface area (Å²) >= 11 is 1.44. The molecule has 2 aromatic carbocycles. The summed E-state index contributed by atoms with van der Waals surface area (Å²) in [6.45, 7) is 3.60. The maximum Gasteiger partial charge on any atom is 0.262 e. The van der Waals surface area contributed by atoms with Gasteiger partial charge in [-0.1, -0.05) is 18.2 Å². The molecule has 0 unspecified atom stereocenters. The molecule has 0 fully saturated rings. The Balaban J connectivity index is 1.47. The molecule has 0 aliphatic rings. The highest BCUT2D eigenvalue weighted by Gasteiger charge is 2.19. The van der Waals surface area contributed by atoms with Crippen LogP contribution in [0.4, 0.5) is 11.4 Å². The minimum atomic E-state index is -3.82. The smallest absolute Gasteiger partial charge is 0.262 e. The number of nitrogens with zero attached hydrogens (tertiary/aromatic N) is 2. The molecule has 0 atom stereocenters. The first kappa shape index (κ1) is 22.6. The van der Waals surface area contributed by atoms with Crippen LogP contribution in [0.3, 0.4) is 0 Å². The van der Waals surface area contributed by atoms with E-state index in [2.05, 4.69) is 20.0 Å². The van der Waals surface area contributed by atoms with E-state index in [0.29, 0.717) is 22.6 Å². The van der Waals surface area contributed by atoms with Crippen LogP contribution in [0.25, 0.3) is 10.6 Å². The van der Waals surface area contributed by atoms with E-state index < -0.39 is 10.0 Å². The number of pyridine rings is 1. The van der Waals surface area contributed by atoms with E-state index in [1.807, 2.05) is 30.5 Å². The Labute approximate surface area is 196 Å². The number of thiazole rings is 1. The standard InChI is InChI=1S/C24H22N4O3S2/c1-16-5-3-7-20(11-16)28-33(30,31)22-12-19(9-8-17(22)2)26-23(29)13-21-15-32-24(27-21)18-6-4-10-25-14-18/h3-12,14-15,28H,13H2,1-2H3,(H,26,29). The van der Waals surface area contributed by atoms with Gasteiger partial charge in [0.2, 0.25) is 5.91 Å². The molecule has 2 aromatic heterocycles. The fourth-order valence-corrected chi connectivity index (χ4v) is 5.40. The van der Waals surface area contributed by atoms with Crippen LogP contribution in [0.5, 0.6) is 0 Å². The largest absolute Gasteiger partial charge is 0.326 e. The average molecular weight is 479 g/mol. The maximum absolute atomic E-state index is 13.0. The van der Waals surface area contributed by atoms with Crippen LogP contribution in [-0.2, 0) is 21.2 Å². The van der Waals surface area contributed by atoms with Gasteiger partial charge in [0.05, 0.1) is 17.0 Å². The molecule has 33 heavy (non-hydrogen) atoms. The van der Waals surface area contributed by atoms with Crippen LogP contribution >= 0.6 is 11.3 Å². The molecule has 2 N–H and O–H groups in total. The van der Waals surface area contributed by atoms with Crippen molar-refractivity contribution in [2.24, 2.45) is 0 Å². The Morgan fingerprint density at radius 1 is 1.03 bits per heavy atom. The third-order valence-electron chi connectivity index (χ3n) is 4.83. The third-order valence-corrected chi connectivity index (χ3v) is 7.30. The summed E-state index contributed by atoms with van der Waals surface area (Å²) in [7, 11) is -3.82. The van der Waals surface area contributed by atoms with Gasteiger partial charge in [-0.3, -0.25) is 14.5 Å². The van der Waals surface area contributed by atoms with Crippen LogP contribution in [0.15, 0.2) is 77.3 Å². The predicted octanol–water partition coefficient (Wildman–Crippen LogP) is 4.80. The van der Waals surface area contributed by atoms with Crippen molar-refractivity contribution in [1.82, 2.24) is 9.97 Å². The summed E-state index contributed by atoms with van der Waals surface area (Å²) in [5.41, 5.74) is 3.94. The van der Waals surface area contributed by atoms with Gasteiger partial charge in [-0.2, -0.15) is 0 Å². The normalized spacial score (nSPS) is 11.2. The molecule has 1 amide bonds. The number of hydrogen-bond acceptors (Lipinski definition) is 6. The molecule has 9 heteroatoms. The fraction of sp³-hybridized carbons (Fsp3) is 0.125. The number of amides is 1. The quantitative estimate of drug-likeness (QED) is 0.397. The predicted molar refractivity (Wildman–Crippen MR) is 131 cm³/mol. The summed E-state index contributed by atoms with van der Waals surface area (Å²) in [4.78, 5) is 21.3. The lowest BCUT2D eigenvalue weighted by atomic mass is 10.2. The van der Waals surface area contributed by atoms with Gasteiger partial charge >= 0.3 is 0 Å². The van der Waals surface area contributed by atoms with E-state index in [-0.39, 0.29) is 17.2 Å². The highest BCUT2D eigenvalue weighted by molar-refractivity contribution is 7.92. The Morgan fingerprint density at radius 2 is 1.88 bits per heavy atom.